The van der Waals surface area contributed by atoms with E-state index in [1.807, 2.05) is 13.8 Å². The highest BCUT2D eigenvalue weighted by Crippen LogP contribution is 2.38. The number of likely N-dealkylation sites (N-methyl/N-ethyl adjacent to an activating group) is 1. The fourth-order valence-corrected chi connectivity index (χ4v) is 1.86. The lowest BCUT2D eigenvalue weighted by Crippen LogP contribution is -2.55. The van der Waals surface area contributed by atoms with E-state index in [9.17, 15) is 4.79 Å². The van der Waals surface area contributed by atoms with Gasteiger partial charge in [-0.05, 0) is 39.0 Å². The van der Waals surface area contributed by atoms with Crippen molar-refractivity contribution in [1.82, 2.24) is 4.90 Å². The molecule has 4 nitrogen and oxygen atoms in total. The maximum Gasteiger partial charge on any atom is 0.242 e. The predicted octanol–water partition coefficient (Wildman–Crippen LogP) is 0.345. The second kappa shape index (κ2) is 4.94. The molecule has 0 aromatic rings. The zero-order valence-corrected chi connectivity index (χ0v) is 9.70. The Labute approximate surface area is 91.4 Å². The highest BCUT2D eigenvalue weighted by Gasteiger charge is 2.45. The Bertz CT molecular complexity index is 225. The number of carbonyl (C=O) groups is 1. The van der Waals surface area contributed by atoms with Crippen molar-refractivity contribution < 1.29 is 9.90 Å². The van der Waals surface area contributed by atoms with Crippen molar-refractivity contribution >= 4 is 5.91 Å². The first kappa shape index (κ1) is 12.5. The molecular weight excluding hydrogens is 192 g/mol. The zero-order valence-electron chi connectivity index (χ0n) is 9.70. The number of nitrogens with zero attached hydrogens (tertiary/aromatic N) is 1. The van der Waals surface area contributed by atoms with Crippen LogP contribution >= 0.6 is 0 Å². The van der Waals surface area contributed by atoms with Gasteiger partial charge < -0.3 is 15.7 Å². The van der Waals surface area contributed by atoms with Crippen LogP contribution in [-0.2, 0) is 4.79 Å². The highest BCUT2D eigenvalue weighted by atomic mass is 16.3. The van der Waals surface area contributed by atoms with E-state index in [1.54, 1.807) is 4.90 Å². The first-order chi connectivity index (χ1) is 7.04. The quantitative estimate of drug-likeness (QED) is 0.670. The topological polar surface area (TPSA) is 66.6 Å². The SMILES string of the molecule is CCN(CCCO)C(=O)C(C)(N)C1CC1. The van der Waals surface area contributed by atoms with Crippen molar-refractivity contribution in [2.75, 3.05) is 19.7 Å². The molecule has 4 heteroatoms. The Kier molecular flexibility index (Phi) is 4.11. The minimum atomic E-state index is -0.703. The van der Waals surface area contributed by atoms with Gasteiger partial charge in [0.05, 0.1) is 5.54 Å². The van der Waals surface area contributed by atoms with Gasteiger partial charge in [-0.2, -0.15) is 0 Å². The lowest BCUT2D eigenvalue weighted by atomic mass is 9.95. The second-order valence-corrected chi connectivity index (χ2v) is 4.52. The summed E-state index contributed by atoms with van der Waals surface area (Å²) in [4.78, 5) is 13.8. The molecular formula is C11H22N2O2. The number of hydrogen-bond donors (Lipinski definition) is 2. The van der Waals surface area contributed by atoms with Crippen LogP contribution in [-0.4, -0.2) is 41.1 Å². The fourth-order valence-electron chi connectivity index (χ4n) is 1.86. The number of aliphatic hydroxyl groups excluding tert-OH is 1. The van der Waals surface area contributed by atoms with E-state index in [4.69, 9.17) is 10.8 Å². The lowest BCUT2D eigenvalue weighted by molar-refractivity contribution is -0.137. The molecule has 1 unspecified atom stereocenters. The van der Waals surface area contributed by atoms with Crippen LogP contribution in [0.5, 0.6) is 0 Å². The van der Waals surface area contributed by atoms with E-state index in [0.717, 1.165) is 12.8 Å². The van der Waals surface area contributed by atoms with Crippen LogP contribution in [0.3, 0.4) is 0 Å². The van der Waals surface area contributed by atoms with Crippen molar-refractivity contribution in [1.29, 1.82) is 0 Å². The summed E-state index contributed by atoms with van der Waals surface area (Å²) < 4.78 is 0. The number of amides is 1. The summed E-state index contributed by atoms with van der Waals surface area (Å²) in [5, 5.41) is 8.75. The van der Waals surface area contributed by atoms with Crippen LogP contribution in [0.1, 0.15) is 33.1 Å². The summed E-state index contributed by atoms with van der Waals surface area (Å²) in [7, 11) is 0. The molecule has 0 aromatic heterocycles. The van der Waals surface area contributed by atoms with Crippen LogP contribution in [0.25, 0.3) is 0 Å². The van der Waals surface area contributed by atoms with Gasteiger partial charge in [-0.25, -0.2) is 0 Å². The maximum atomic E-state index is 12.1. The molecule has 3 N–H and O–H groups in total. The molecule has 0 aromatic carbocycles. The molecule has 0 heterocycles. The van der Waals surface area contributed by atoms with Crippen LogP contribution in [0.15, 0.2) is 0 Å². The molecule has 1 rings (SSSR count). The van der Waals surface area contributed by atoms with Crippen LogP contribution in [0.4, 0.5) is 0 Å². The smallest absolute Gasteiger partial charge is 0.242 e. The normalized spacial score (nSPS) is 19.7. The largest absolute Gasteiger partial charge is 0.396 e. The summed E-state index contributed by atoms with van der Waals surface area (Å²) in [6, 6.07) is 0. The molecule has 1 saturated carbocycles. The first-order valence-electron chi connectivity index (χ1n) is 5.73. The molecule has 0 radical (unpaired) electrons. The van der Waals surface area contributed by atoms with Gasteiger partial charge in [0.1, 0.15) is 0 Å². The zero-order chi connectivity index (χ0) is 11.5. The maximum absolute atomic E-state index is 12.1. The molecule has 15 heavy (non-hydrogen) atoms. The fraction of sp³-hybridized carbons (Fsp3) is 0.909. The Morgan fingerprint density at radius 3 is 2.60 bits per heavy atom. The average Bonchev–Trinajstić information content (AvgIpc) is 3.02. The van der Waals surface area contributed by atoms with Gasteiger partial charge in [-0.15, -0.1) is 0 Å². The average molecular weight is 214 g/mol. The van der Waals surface area contributed by atoms with Gasteiger partial charge in [0.15, 0.2) is 0 Å². The molecule has 88 valence electrons. The second-order valence-electron chi connectivity index (χ2n) is 4.52. The lowest BCUT2D eigenvalue weighted by Gasteiger charge is -2.31. The van der Waals surface area contributed by atoms with E-state index in [0.29, 0.717) is 25.4 Å². The molecule has 1 atom stereocenters. The van der Waals surface area contributed by atoms with Gasteiger partial charge in [-0.1, -0.05) is 0 Å². The van der Waals surface area contributed by atoms with E-state index < -0.39 is 5.54 Å². The van der Waals surface area contributed by atoms with Crippen LogP contribution in [0, 0.1) is 5.92 Å². The van der Waals surface area contributed by atoms with E-state index in [2.05, 4.69) is 0 Å². The van der Waals surface area contributed by atoms with Gasteiger partial charge in [0, 0.05) is 19.7 Å². The number of rotatable bonds is 6. The van der Waals surface area contributed by atoms with E-state index in [1.165, 1.54) is 0 Å². The Hall–Kier alpha value is -0.610. The summed E-state index contributed by atoms with van der Waals surface area (Å²) >= 11 is 0. The summed E-state index contributed by atoms with van der Waals surface area (Å²) in [5.74, 6) is 0.383. The minimum Gasteiger partial charge on any atom is -0.396 e. The number of hydrogen-bond acceptors (Lipinski definition) is 3. The standard InChI is InChI=1S/C11H22N2O2/c1-3-13(7-4-8-14)10(15)11(2,12)9-5-6-9/h9,14H,3-8,12H2,1-2H3. The third-order valence-electron chi connectivity index (χ3n) is 3.14. The predicted molar refractivity (Wildman–Crippen MR) is 59.3 cm³/mol. The summed E-state index contributed by atoms with van der Waals surface area (Å²) in [6.45, 7) is 5.16. The van der Waals surface area contributed by atoms with Crippen LogP contribution in [0.2, 0.25) is 0 Å². The third kappa shape index (κ3) is 2.92. The van der Waals surface area contributed by atoms with Gasteiger partial charge in [0.25, 0.3) is 0 Å². The van der Waals surface area contributed by atoms with Crippen molar-refractivity contribution in [3.63, 3.8) is 0 Å². The Balaban J connectivity index is 2.54. The number of nitrogens with two attached hydrogens (primary N) is 1. The van der Waals surface area contributed by atoms with Crippen molar-refractivity contribution in [2.45, 2.75) is 38.6 Å². The molecule has 1 aliphatic carbocycles. The van der Waals surface area contributed by atoms with Crippen molar-refractivity contribution in [3.8, 4) is 0 Å². The van der Waals surface area contributed by atoms with E-state index >= 15 is 0 Å². The summed E-state index contributed by atoms with van der Waals surface area (Å²) in [5.41, 5.74) is 5.36. The van der Waals surface area contributed by atoms with Gasteiger partial charge in [0.2, 0.25) is 5.91 Å². The Morgan fingerprint density at radius 1 is 1.60 bits per heavy atom. The van der Waals surface area contributed by atoms with Gasteiger partial charge >= 0.3 is 0 Å². The summed E-state index contributed by atoms with van der Waals surface area (Å²) in [6.07, 6.45) is 2.76. The van der Waals surface area contributed by atoms with Crippen molar-refractivity contribution in [2.24, 2.45) is 11.7 Å². The number of carbonyl (C=O) groups excluding carboxylic acids is 1. The van der Waals surface area contributed by atoms with E-state index in [-0.39, 0.29) is 12.5 Å². The molecule has 0 aliphatic heterocycles. The number of aliphatic hydroxyl groups is 1. The molecule has 0 spiro atoms. The van der Waals surface area contributed by atoms with Gasteiger partial charge in [-0.3, -0.25) is 4.79 Å². The first-order valence-corrected chi connectivity index (χ1v) is 5.73. The monoisotopic (exact) mass is 214 g/mol. The minimum absolute atomic E-state index is 0.0287. The molecule has 0 bridgehead atoms. The van der Waals surface area contributed by atoms with Crippen LogP contribution < -0.4 is 5.73 Å². The Morgan fingerprint density at radius 2 is 2.20 bits per heavy atom. The van der Waals surface area contributed by atoms with Crippen molar-refractivity contribution in [3.05, 3.63) is 0 Å². The molecule has 1 amide bonds. The molecule has 1 fully saturated rings. The third-order valence-corrected chi connectivity index (χ3v) is 3.14. The molecule has 1 aliphatic rings. The highest BCUT2D eigenvalue weighted by molar-refractivity contribution is 5.86. The molecule has 0 saturated heterocycles.